The van der Waals surface area contributed by atoms with Gasteiger partial charge < -0.3 is 4.90 Å². The highest BCUT2D eigenvalue weighted by molar-refractivity contribution is 9.10. The number of hydrogen-bond acceptors (Lipinski definition) is 4. The van der Waals surface area contributed by atoms with Crippen LogP contribution in [0.2, 0.25) is 0 Å². The van der Waals surface area contributed by atoms with Crippen LogP contribution in [-0.2, 0) is 0 Å². The van der Waals surface area contributed by atoms with Crippen molar-refractivity contribution in [2.24, 2.45) is 0 Å². The van der Waals surface area contributed by atoms with E-state index >= 15 is 0 Å². The molecule has 0 fully saturated rings. The lowest BCUT2D eigenvalue weighted by molar-refractivity contribution is 0.0948. The van der Waals surface area contributed by atoms with Crippen LogP contribution in [0.25, 0.3) is 0 Å². The van der Waals surface area contributed by atoms with E-state index in [1.165, 1.54) is 11.3 Å². The molecule has 0 aromatic carbocycles. The van der Waals surface area contributed by atoms with E-state index in [2.05, 4.69) is 39.8 Å². The van der Waals surface area contributed by atoms with Crippen molar-refractivity contribution in [1.82, 2.24) is 9.80 Å². The Morgan fingerprint density at radius 1 is 1.35 bits per heavy atom. The lowest BCUT2D eigenvalue weighted by Gasteiger charge is -2.17. The van der Waals surface area contributed by atoms with Crippen LogP contribution in [0.1, 0.15) is 16.1 Å². The third-order valence-corrected chi connectivity index (χ3v) is 4.31. The molecule has 0 aliphatic rings. The molecule has 5 heteroatoms. The minimum Gasteiger partial charge on any atom is -0.309 e. The summed E-state index contributed by atoms with van der Waals surface area (Å²) in [6, 6.07) is 1.92. The first kappa shape index (κ1) is 14.8. The van der Waals surface area contributed by atoms with Crippen LogP contribution in [0.3, 0.4) is 0 Å². The second kappa shape index (κ2) is 7.26. The molecule has 0 N–H and O–H groups in total. The van der Waals surface area contributed by atoms with Gasteiger partial charge in [0.2, 0.25) is 0 Å². The van der Waals surface area contributed by atoms with E-state index in [0.29, 0.717) is 6.54 Å². The second-order valence-corrected chi connectivity index (χ2v) is 6.19. The molecular formula is C12H19BrN2OS. The number of carbonyl (C=O) groups is 1. The van der Waals surface area contributed by atoms with Crippen molar-refractivity contribution in [3.05, 3.63) is 20.8 Å². The largest absolute Gasteiger partial charge is 0.309 e. The molecule has 0 radical (unpaired) electrons. The van der Waals surface area contributed by atoms with Gasteiger partial charge in [-0.2, -0.15) is 0 Å². The molecule has 0 atom stereocenters. The minimum atomic E-state index is 0.194. The van der Waals surface area contributed by atoms with Crippen LogP contribution in [0.4, 0.5) is 0 Å². The van der Waals surface area contributed by atoms with Crippen molar-refractivity contribution in [2.75, 3.05) is 40.8 Å². The zero-order chi connectivity index (χ0) is 12.8. The maximum Gasteiger partial charge on any atom is 0.187 e. The molecule has 0 amide bonds. The van der Waals surface area contributed by atoms with Crippen molar-refractivity contribution >= 4 is 33.0 Å². The third-order valence-electron chi connectivity index (χ3n) is 2.43. The first-order valence-electron chi connectivity index (χ1n) is 5.60. The summed E-state index contributed by atoms with van der Waals surface area (Å²) in [5, 5.41) is 1.93. The Balaban J connectivity index is 2.34. The fraction of sp³-hybridized carbons (Fsp3) is 0.583. The van der Waals surface area contributed by atoms with Gasteiger partial charge in [0.25, 0.3) is 0 Å². The summed E-state index contributed by atoms with van der Waals surface area (Å²) in [5.74, 6) is 0.194. The first-order valence-corrected chi connectivity index (χ1v) is 7.27. The van der Waals surface area contributed by atoms with Crippen molar-refractivity contribution in [3.8, 4) is 0 Å². The van der Waals surface area contributed by atoms with Crippen LogP contribution in [0.15, 0.2) is 15.9 Å². The Morgan fingerprint density at radius 3 is 2.59 bits per heavy atom. The van der Waals surface area contributed by atoms with E-state index in [1.807, 2.05) is 18.5 Å². The van der Waals surface area contributed by atoms with Crippen LogP contribution in [-0.4, -0.2) is 56.4 Å². The maximum atomic E-state index is 12.0. The number of Topliss-reactive ketones (excluding diaryl/α,β-unsaturated/α-hetero) is 1. The molecule has 0 aliphatic heterocycles. The number of likely N-dealkylation sites (N-methyl/N-ethyl adjacent to an activating group) is 1. The predicted molar refractivity (Wildman–Crippen MR) is 77.0 cm³/mol. The number of thiophene rings is 1. The number of nitrogens with zero attached hydrogens (tertiary/aromatic N) is 2. The fourth-order valence-corrected chi connectivity index (χ4v) is 3.07. The topological polar surface area (TPSA) is 23.6 Å². The van der Waals surface area contributed by atoms with Gasteiger partial charge >= 0.3 is 0 Å². The molecule has 1 aromatic heterocycles. The van der Waals surface area contributed by atoms with Gasteiger partial charge in [-0.1, -0.05) is 0 Å². The molecule has 3 nitrogen and oxygen atoms in total. The molecule has 0 spiro atoms. The summed E-state index contributed by atoms with van der Waals surface area (Å²) in [6.45, 7) is 2.50. The highest BCUT2D eigenvalue weighted by Gasteiger charge is 2.13. The smallest absolute Gasteiger partial charge is 0.187 e. The van der Waals surface area contributed by atoms with Gasteiger partial charge in [0, 0.05) is 4.47 Å². The molecule has 0 saturated heterocycles. The van der Waals surface area contributed by atoms with E-state index in [1.54, 1.807) is 0 Å². The molecule has 0 bridgehead atoms. The van der Waals surface area contributed by atoms with Crippen LogP contribution in [0, 0.1) is 0 Å². The molecule has 0 unspecified atom stereocenters. The zero-order valence-electron chi connectivity index (χ0n) is 10.6. The first-order chi connectivity index (χ1) is 8.00. The van der Waals surface area contributed by atoms with Gasteiger partial charge in [0.1, 0.15) is 0 Å². The zero-order valence-corrected chi connectivity index (χ0v) is 13.0. The quantitative estimate of drug-likeness (QED) is 0.722. The van der Waals surface area contributed by atoms with E-state index in [0.717, 1.165) is 28.9 Å². The standard InChI is InChI=1S/C12H19BrN2OS/c1-14(2)6-4-7-15(3)9-11(16)12-10(13)5-8-17-12/h5,8H,4,6-7,9H2,1-3H3. The molecule has 0 aliphatic carbocycles. The number of rotatable bonds is 7. The summed E-state index contributed by atoms with van der Waals surface area (Å²) < 4.78 is 0.911. The van der Waals surface area contributed by atoms with Crippen molar-refractivity contribution in [2.45, 2.75) is 6.42 Å². The summed E-state index contributed by atoms with van der Waals surface area (Å²) in [5.41, 5.74) is 0. The van der Waals surface area contributed by atoms with Gasteiger partial charge in [0.05, 0.1) is 11.4 Å². The molecule has 1 rings (SSSR count). The summed E-state index contributed by atoms with van der Waals surface area (Å²) in [7, 11) is 6.12. The van der Waals surface area contributed by atoms with Gasteiger partial charge in [-0.3, -0.25) is 9.69 Å². The monoisotopic (exact) mass is 318 g/mol. The average Bonchev–Trinajstić information content (AvgIpc) is 2.63. The normalized spacial score (nSPS) is 11.4. The van der Waals surface area contributed by atoms with Gasteiger partial charge in [-0.05, 0) is 68.0 Å². The van der Waals surface area contributed by atoms with E-state index in [4.69, 9.17) is 0 Å². The molecule has 1 heterocycles. The lowest BCUT2D eigenvalue weighted by Crippen LogP contribution is -2.28. The van der Waals surface area contributed by atoms with Crippen molar-refractivity contribution in [3.63, 3.8) is 0 Å². The molecular weight excluding hydrogens is 300 g/mol. The van der Waals surface area contributed by atoms with Crippen LogP contribution in [0.5, 0.6) is 0 Å². The Bertz CT molecular complexity index is 365. The number of halogens is 1. The summed E-state index contributed by atoms with van der Waals surface area (Å²) in [4.78, 5) is 17.0. The number of hydrogen-bond donors (Lipinski definition) is 0. The Labute approximate surface area is 116 Å². The fourth-order valence-electron chi connectivity index (χ4n) is 1.55. The minimum absolute atomic E-state index is 0.194. The van der Waals surface area contributed by atoms with Crippen molar-refractivity contribution < 1.29 is 4.79 Å². The highest BCUT2D eigenvalue weighted by Crippen LogP contribution is 2.23. The summed E-state index contributed by atoms with van der Waals surface area (Å²) >= 11 is 4.89. The maximum absolute atomic E-state index is 12.0. The highest BCUT2D eigenvalue weighted by atomic mass is 79.9. The Morgan fingerprint density at radius 2 is 2.06 bits per heavy atom. The Hall–Kier alpha value is -0.230. The number of ketones is 1. The van der Waals surface area contributed by atoms with Gasteiger partial charge in [0.15, 0.2) is 5.78 Å². The molecule has 96 valence electrons. The second-order valence-electron chi connectivity index (χ2n) is 4.42. The predicted octanol–water partition coefficient (Wildman–Crippen LogP) is 2.58. The molecule has 0 saturated carbocycles. The van der Waals surface area contributed by atoms with E-state index in [9.17, 15) is 4.79 Å². The SMILES string of the molecule is CN(C)CCCN(C)CC(=O)c1sccc1Br. The summed E-state index contributed by atoms with van der Waals surface area (Å²) in [6.07, 6.45) is 1.09. The lowest BCUT2D eigenvalue weighted by atomic mass is 10.3. The van der Waals surface area contributed by atoms with Crippen LogP contribution >= 0.6 is 27.3 Å². The van der Waals surface area contributed by atoms with Gasteiger partial charge in [-0.25, -0.2) is 0 Å². The van der Waals surface area contributed by atoms with Crippen molar-refractivity contribution in [1.29, 1.82) is 0 Å². The third kappa shape index (κ3) is 5.29. The average molecular weight is 319 g/mol. The molecule has 1 aromatic rings. The van der Waals surface area contributed by atoms with E-state index < -0.39 is 0 Å². The Kier molecular flexibility index (Phi) is 6.33. The van der Waals surface area contributed by atoms with E-state index in [-0.39, 0.29) is 5.78 Å². The van der Waals surface area contributed by atoms with Crippen LogP contribution < -0.4 is 0 Å². The van der Waals surface area contributed by atoms with Gasteiger partial charge in [-0.15, -0.1) is 11.3 Å². The molecule has 17 heavy (non-hydrogen) atoms. The number of carbonyl (C=O) groups excluding carboxylic acids is 1.